The van der Waals surface area contributed by atoms with Crippen LogP contribution in [0.4, 0.5) is 5.82 Å². The van der Waals surface area contributed by atoms with Crippen molar-refractivity contribution < 1.29 is 14.7 Å². The average Bonchev–Trinajstić information content (AvgIpc) is 3.00. The first-order chi connectivity index (χ1) is 19.9. The summed E-state index contributed by atoms with van der Waals surface area (Å²) < 4.78 is 0. The molecule has 0 bridgehead atoms. The number of carbonyl (C=O) groups excluding carboxylic acids is 2. The van der Waals surface area contributed by atoms with E-state index in [0.29, 0.717) is 45.1 Å². The molecule has 1 unspecified atom stereocenters. The molecule has 9 heteroatoms. The molecule has 0 spiro atoms. The van der Waals surface area contributed by atoms with Gasteiger partial charge in [-0.2, -0.15) is 5.26 Å². The molecule has 0 saturated carbocycles. The smallest absolute Gasteiger partial charge is 0.256 e. The molecule has 8 nitrogen and oxygen atoms in total. The van der Waals surface area contributed by atoms with Crippen molar-refractivity contribution in [1.82, 2.24) is 15.6 Å². The van der Waals surface area contributed by atoms with Gasteiger partial charge in [-0.05, 0) is 73.5 Å². The fourth-order valence-electron chi connectivity index (χ4n) is 4.86. The van der Waals surface area contributed by atoms with E-state index in [4.69, 9.17) is 11.6 Å². The van der Waals surface area contributed by atoms with Crippen molar-refractivity contribution in [3.63, 3.8) is 0 Å². The standard InChI is InChI=1S/C32H28ClN5O3/c33-23-10-6-9-22(16-23)32(41)38-30-27(18-34)26(17-28(37-30)25-12-1-2-13-29(25)39)20-7-5-8-21(15-20)31(40)36-19-24-11-3-4-14-35-24/h1-2,5-10,12-13,15-17,24,35,39H,3-4,11,14,19H2,(H,36,40)(H,37,38,41). The van der Waals surface area contributed by atoms with Gasteiger partial charge in [0, 0.05) is 39.9 Å². The molecule has 2 heterocycles. The highest BCUT2D eigenvalue weighted by molar-refractivity contribution is 6.31. The lowest BCUT2D eigenvalue weighted by Gasteiger charge is -2.23. The van der Waals surface area contributed by atoms with Crippen LogP contribution in [0.25, 0.3) is 22.4 Å². The molecule has 0 aliphatic carbocycles. The van der Waals surface area contributed by atoms with Crippen LogP contribution in [-0.4, -0.2) is 41.0 Å². The zero-order valence-corrected chi connectivity index (χ0v) is 22.9. The number of nitriles is 1. The van der Waals surface area contributed by atoms with Gasteiger partial charge in [-0.25, -0.2) is 4.98 Å². The van der Waals surface area contributed by atoms with Crippen LogP contribution in [0.3, 0.4) is 0 Å². The van der Waals surface area contributed by atoms with E-state index in [1.165, 1.54) is 12.1 Å². The van der Waals surface area contributed by atoms with Crippen molar-refractivity contribution in [2.75, 3.05) is 18.4 Å². The summed E-state index contributed by atoms with van der Waals surface area (Å²) in [7, 11) is 0. The topological polar surface area (TPSA) is 127 Å². The summed E-state index contributed by atoms with van der Waals surface area (Å²) in [5.41, 5.74) is 2.65. The van der Waals surface area contributed by atoms with Crippen LogP contribution in [0.1, 0.15) is 45.5 Å². The molecule has 2 amide bonds. The highest BCUT2D eigenvalue weighted by atomic mass is 35.5. The molecule has 0 radical (unpaired) electrons. The van der Waals surface area contributed by atoms with Gasteiger partial charge in [0.1, 0.15) is 17.4 Å². The van der Waals surface area contributed by atoms with E-state index in [-0.39, 0.29) is 29.1 Å². The van der Waals surface area contributed by atoms with Gasteiger partial charge >= 0.3 is 0 Å². The number of aromatic hydroxyl groups is 1. The average molecular weight is 566 g/mol. The van der Waals surface area contributed by atoms with E-state index >= 15 is 0 Å². The third-order valence-corrected chi connectivity index (χ3v) is 7.22. The Kier molecular flexibility index (Phi) is 8.59. The van der Waals surface area contributed by atoms with Crippen molar-refractivity contribution in [3.05, 3.63) is 101 Å². The zero-order valence-electron chi connectivity index (χ0n) is 22.2. The Labute approximate surface area is 243 Å². The lowest BCUT2D eigenvalue weighted by Crippen LogP contribution is -2.43. The number of pyridine rings is 1. The van der Waals surface area contributed by atoms with Crippen molar-refractivity contribution in [1.29, 1.82) is 5.26 Å². The van der Waals surface area contributed by atoms with Crippen LogP contribution in [0.2, 0.25) is 5.02 Å². The molecular weight excluding hydrogens is 538 g/mol. The first kappa shape index (κ1) is 27.8. The highest BCUT2D eigenvalue weighted by Gasteiger charge is 2.20. The maximum absolute atomic E-state index is 13.1. The lowest BCUT2D eigenvalue weighted by molar-refractivity contribution is 0.0947. The number of hydrogen-bond acceptors (Lipinski definition) is 6. The first-order valence-electron chi connectivity index (χ1n) is 13.4. The van der Waals surface area contributed by atoms with E-state index in [1.807, 2.05) is 0 Å². The van der Waals surface area contributed by atoms with Gasteiger partial charge < -0.3 is 21.1 Å². The summed E-state index contributed by atoms with van der Waals surface area (Å²) >= 11 is 6.07. The number of phenolic OH excluding ortho intramolecular Hbond substituents is 1. The van der Waals surface area contributed by atoms with Crippen LogP contribution >= 0.6 is 11.6 Å². The molecule has 5 rings (SSSR count). The number of carbonyl (C=O) groups is 2. The molecule has 4 N–H and O–H groups in total. The summed E-state index contributed by atoms with van der Waals surface area (Å²) in [5.74, 6) is -0.706. The predicted octanol–water partition coefficient (Wildman–Crippen LogP) is 5.77. The third-order valence-electron chi connectivity index (χ3n) is 6.99. The Morgan fingerprint density at radius 2 is 1.76 bits per heavy atom. The highest BCUT2D eigenvalue weighted by Crippen LogP contribution is 2.36. The minimum Gasteiger partial charge on any atom is -0.507 e. The van der Waals surface area contributed by atoms with Crippen LogP contribution < -0.4 is 16.0 Å². The van der Waals surface area contributed by atoms with Crippen LogP contribution in [0, 0.1) is 11.3 Å². The van der Waals surface area contributed by atoms with Gasteiger partial charge in [-0.1, -0.05) is 48.4 Å². The minimum atomic E-state index is -0.499. The number of amides is 2. The van der Waals surface area contributed by atoms with E-state index in [2.05, 4.69) is 27.0 Å². The van der Waals surface area contributed by atoms with Crippen molar-refractivity contribution >= 4 is 29.2 Å². The summed E-state index contributed by atoms with van der Waals surface area (Å²) in [5, 5.41) is 30.3. The number of anilines is 1. The summed E-state index contributed by atoms with van der Waals surface area (Å²) in [6, 6.07) is 24.1. The summed E-state index contributed by atoms with van der Waals surface area (Å²) in [4.78, 5) is 30.7. The summed E-state index contributed by atoms with van der Waals surface area (Å²) in [6.07, 6.45) is 3.29. The number of halogens is 1. The molecule has 1 aliphatic rings. The molecular formula is C32H28ClN5O3. The molecule has 1 atom stereocenters. The second-order valence-electron chi connectivity index (χ2n) is 9.81. The van der Waals surface area contributed by atoms with Gasteiger partial charge in [-0.15, -0.1) is 0 Å². The molecule has 3 aromatic carbocycles. The van der Waals surface area contributed by atoms with E-state index in [1.54, 1.807) is 66.7 Å². The molecule has 1 aromatic heterocycles. The number of nitrogens with one attached hydrogen (secondary N) is 3. The molecule has 41 heavy (non-hydrogen) atoms. The zero-order chi connectivity index (χ0) is 28.8. The number of benzene rings is 3. The van der Waals surface area contributed by atoms with Crippen molar-refractivity contribution in [2.45, 2.75) is 25.3 Å². The second-order valence-corrected chi connectivity index (χ2v) is 10.2. The normalized spacial score (nSPS) is 14.6. The number of nitrogens with zero attached hydrogens (tertiary/aromatic N) is 2. The molecule has 206 valence electrons. The quantitative estimate of drug-likeness (QED) is 0.225. The maximum Gasteiger partial charge on any atom is 0.256 e. The number of piperidine rings is 1. The van der Waals surface area contributed by atoms with Crippen molar-refractivity contribution in [3.8, 4) is 34.2 Å². The first-order valence-corrected chi connectivity index (χ1v) is 13.7. The number of aromatic nitrogens is 1. The fourth-order valence-corrected chi connectivity index (χ4v) is 5.05. The Morgan fingerprint density at radius 1 is 0.976 bits per heavy atom. The third kappa shape index (κ3) is 6.55. The van der Waals surface area contributed by atoms with Gasteiger partial charge in [0.25, 0.3) is 11.8 Å². The van der Waals surface area contributed by atoms with Gasteiger partial charge in [-0.3, -0.25) is 9.59 Å². The van der Waals surface area contributed by atoms with E-state index in [9.17, 15) is 20.0 Å². The van der Waals surface area contributed by atoms with Crippen LogP contribution in [-0.2, 0) is 0 Å². The Hall–Kier alpha value is -4.71. The predicted molar refractivity (Wildman–Crippen MR) is 159 cm³/mol. The molecule has 1 fully saturated rings. The number of rotatable bonds is 7. The van der Waals surface area contributed by atoms with Crippen LogP contribution in [0.5, 0.6) is 5.75 Å². The van der Waals surface area contributed by atoms with E-state index in [0.717, 1.165) is 25.8 Å². The minimum absolute atomic E-state index is 0.00720. The van der Waals surface area contributed by atoms with Crippen molar-refractivity contribution in [2.24, 2.45) is 0 Å². The Bertz CT molecular complexity index is 1640. The number of phenols is 1. The van der Waals surface area contributed by atoms with Gasteiger partial charge in [0.15, 0.2) is 5.82 Å². The monoisotopic (exact) mass is 565 g/mol. The largest absolute Gasteiger partial charge is 0.507 e. The number of hydrogen-bond donors (Lipinski definition) is 4. The van der Waals surface area contributed by atoms with E-state index < -0.39 is 5.91 Å². The molecule has 4 aromatic rings. The van der Waals surface area contributed by atoms with Gasteiger partial charge in [0.2, 0.25) is 0 Å². The summed E-state index contributed by atoms with van der Waals surface area (Å²) in [6.45, 7) is 1.48. The second kappa shape index (κ2) is 12.6. The maximum atomic E-state index is 13.1. The molecule has 1 aliphatic heterocycles. The van der Waals surface area contributed by atoms with Gasteiger partial charge in [0.05, 0.1) is 5.69 Å². The lowest BCUT2D eigenvalue weighted by atomic mass is 9.96. The SMILES string of the molecule is N#Cc1c(-c2cccc(C(=O)NCC3CCCCN3)c2)cc(-c2ccccc2O)nc1NC(=O)c1cccc(Cl)c1. The fraction of sp³-hybridized carbons (Fsp3) is 0.188. The number of para-hydroxylation sites is 1. The Balaban J connectivity index is 1.53. The molecule has 1 saturated heterocycles. The Morgan fingerprint density at radius 3 is 2.49 bits per heavy atom. The van der Waals surface area contributed by atoms with Crippen LogP contribution in [0.15, 0.2) is 78.9 Å².